The molecule has 0 spiro atoms. The first-order valence-electron chi connectivity index (χ1n) is 11.3. The van der Waals surface area contributed by atoms with Gasteiger partial charge in [-0.25, -0.2) is 5.43 Å². The van der Waals surface area contributed by atoms with E-state index in [0.29, 0.717) is 54.0 Å². The fourth-order valence-electron chi connectivity index (χ4n) is 3.20. The van der Waals surface area contributed by atoms with Gasteiger partial charge in [0.2, 0.25) is 11.7 Å². The second kappa shape index (κ2) is 11.4. The summed E-state index contributed by atoms with van der Waals surface area (Å²) in [6.45, 7) is 8.65. The number of nitrogens with zero attached hydrogens (tertiary/aromatic N) is 1. The van der Waals surface area contributed by atoms with Crippen LogP contribution in [0.5, 0.6) is 17.2 Å². The number of nitrogens with one attached hydrogen (secondary N) is 2. The average Bonchev–Trinajstić information content (AvgIpc) is 3.65. The molecule has 3 rings (SSSR count). The second-order valence-corrected chi connectivity index (χ2v) is 7.58. The van der Waals surface area contributed by atoms with Crippen LogP contribution in [0.1, 0.15) is 56.5 Å². The van der Waals surface area contributed by atoms with Crippen molar-refractivity contribution >= 4 is 23.2 Å². The minimum Gasteiger partial charge on any atom is -0.490 e. The van der Waals surface area contributed by atoms with Crippen LogP contribution >= 0.6 is 0 Å². The van der Waals surface area contributed by atoms with E-state index in [1.54, 1.807) is 19.1 Å². The number of amides is 2. The highest BCUT2D eigenvalue weighted by molar-refractivity contribution is 6.02. The summed E-state index contributed by atoms with van der Waals surface area (Å²) in [5, 5.41) is 7.16. The third-order valence-corrected chi connectivity index (χ3v) is 4.99. The summed E-state index contributed by atoms with van der Waals surface area (Å²) in [5.74, 6) is 1.12. The van der Waals surface area contributed by atoms with Gasteiger partial charge in [-0.15, -0.1) is 0 Å². The smallest absolute Gasteiger partial charge is 0.271 e. The molecule has 2 amide bonds. The Balaban J connectivity index is 1.76. The number of rotatable bonds is 11. The van der Waals surface area contributed by atoms with Gasteiger partial charge >= 0.3 is 0 Å². The standard InChI is InChI=1S/C25H31N3O5/c1-5-31-21-14-19(15-22(32-6-2)23(21)33-7-3)25(30)28-27-16(4)18-9-8-10-20(13-18)26-24(29)17-11-12-17/h8-10,13-15,17H,5-7,11-12H2,1-4H3,(H,26,29)(H,28,30). The topological polar surface area (TPSA) is 98.2 Å². The van der Waals surface area contributed by atoms with Gasteiger partial charge in [0.05, 0.1) is 25.5 Å². The Kier molecular flexibility index (Phi) is 8.29. The molecule has 33 heavy (non-hydrogen) atoms. The van der Waals surface area contributed by atoms with Crippen LogP contribution < -0.4 is 25.0 Å². The molecule has 0 bridgehead atoms. The molecule has 0 saturated heterocycles. The Morgan fingerprint density at radius 1 is 0.939 bits per heavy atom. The lowest BCUT2D eigenvalue weighted by atomic mass is 10.1. The molecule has 0 heterocycles. The van der Waals surface area contributed by atoms with E-state index in [1.165, 1.54) is 0 Å². The van der Waals surface area contributed by atoms with Gasteiger partial charge in [-0.1, -0.05) is 12.1 Å². The molecule has 1 fully saturated rings. The summed E-state index contributed by atoms with van der Waals surface area (Å²) in [7, 11) is 0. The van der Waals surface area contributed by atoms with Crippen molar-refractivity contribution in [2.45, 2.75) is 40.5 Å². The quantitative estimate of drug-likeness (QED) is 0.389. The predicted octanol–water partition coefficient (Wildman–Crippen LogP) is 4.39. The fourth-order valence-corrected chi connectivity index (χ4v) is 3.20. The van der Waals surface area contributed by atoms with Gasteiger partial charge in [0.25, 0.3) is 5.91 Å². The van der Waals surface area contributed by atoms with Crippen LogP contribution in [0.2, 0.25) is 0 Å². The number of hydrogen-bond acceptors (Lipinski definition) is 6. The molecular weight excluding hydrogens is 422 g/mol. The summed E-state index contributed by atoms with van der Waals surface area (Å²) in [4.78, 5) is 24.8. The second-order valence-electron chi connectivity index (χ2n) is 7.58. The van der Waals surface area contributed by atoms with Gasteiger partial charge in [-0.05, 0) is 70.4 Å². The van der Waals surface area contributed by atoms with E-state index in [9.17, 15) is 9.59 Å². The molecule has 8 nitrogen and oxygen atoms in total. The number of benzene rings is 2. The predicted molar refractivity (Wildman–Crippen MR) is 127 cm³/mol. The van der Waals surface area contributed by atoms with Crippen LogP contribution in [0.3, 0.4) is 0 Å². The lowest BCUT2D eigenvalue weighted by molar-refractivity contribution is -0.117. The molecule has 0 unspecified atom stereocenters. The van der Waals surface area contributed by atoms with Crippen molar-refractivity contribution in [1.82, 2.24) is 5.43 Å². The third-order valence-electron chi connectivity index (χ3n) is 4.99. The van der Waals surface area contributed by atoms with E-state index in [4.69, 9.17) is 14.2 Å². The number of carbonyl (C=O) groups excluding carboxylic acids is 2. The van der Waals surface area contributed by atoms with Crippen molar-refractivity contribution in [2.24, 2.45) is 11.0 Å². The Bertz CT molecular complexity index is 1000. The Morgan fingerprint density at radius 2 is 1.58 bits per heavy atom. The molecule has 8 heteroatoms. The molecule has 2 N–H and O–H groups in total. The van der Waals surface area contributed by atoms with Crippen molar-refractivity contribution in [2.75, 3.05) is 25.1 Å². The summed E-state index contributed by atoms with van der Waals surface area (Å²) >= 11 is 0. The zero-order chi connectivity index (χ0) is 23.8. The SMILES string of the molecule is CCOc1cc(C(=O)NN=C(C)c2cccc(NC(=O)C3CC3)c2)cc(OCC)c1OCC. The molecule has 0 aromatic heterocycles. The van der Waals surface area contributed by atoms with Crippen LogP contribution in [0.25, 0.3) is 0 Å². The molecule has 2 aromatic rings. The Hall–Kier alpha value is -3.55. The highest BCUT2D eigenvalue weighted by atomic mass is 16.5. The van der Waals surface area contributed by atoms with Crippen molar-refractivity contribution in [3.8, 4) is 17.2 Å². The third kappa shape index (κ3) is 6.47. The number of hydrazone groups is 1. The van der Waals surface area contributed by atoms with Crippen LogP contribution in [0.15, 0.2) is 41.5 Å². The lowest BCUT2D eigenvalue weighted by Gasteiger charge is -2.16. The van der Waals surface area contributed by atoms with E-state index < -0.39 is 5.91 Å². The fraction of sp³-hybridized carbons (Fsp3) is 0.400. The molecule has 1 aliphatic rings. The van der Waals surface area contributed by atoms with E-state index in [-0.39, 0.29) is 11.8 Å². The number of hydrogen-bond donors (Lipinski definition) is 2. The van der Waals surface area contributed by atoms with Gasteiger partial charge in [0.15, 0.2) is 11.5 Å². The van der Waals surface area contributed by atoms with E-state index >= 15 is 0 Å². The molecule has 2 aromatic carbocycles. The molecule has 176 valence electrons. The summed E-state index contributed by atoms with van der Waals surface area (Å²) in [5.41, 5.74) is 5.03. The highest BCUT2D eigenvalue weighted by Crippen LogP contribution is 2.39. The average molecular weight is 454 g/mol. The van der Waals surface area contributed by atoms with Crippen LogP contribution in [0, 0.1) is 5.92 Å². The Labute approximate surface area is 194 Å². The first-order chi connectivity index (χ1) is 16.0. The minimum absolute atomic E-state index is 0.0424. The summed E-state index contributed by atoms with van der Waals surface area (Å²) < 4.78 is 17.0. The lowest BCUT2D eigenvalue weighted by Crippen LogP contribution is -2.20. The monoisotopic (exact) mass is 453 g/mol. The molecule has 0 radical (unpaired) electrons. The largest absolute Gasteiger partial charge is 0.490 e. The Morgan fingerprint density at radius 3 is 2.15 bits per heavy atom. The number of anilines is 1. The minimum atomic E-state index is -0.405. The van der Waals surface area contributed by atoms with Gasteiger partial charge < -0.3 is 19.5 Å². The highest BCUT2D eigenvalue weighted by Gasteiger charge is 2.29. The van der Waals surface area contributed by atoms with Gasteiger partial charge in [0.1, 0.15) is 0 Å². The first kappa shape index (κ1) is 24.1. The molecule has 1 saturated carbocycles. The normalized spacial score (nSPS) is 13.3. The summed E-state index contributed by atoms with van der Waals surface area (Å²) in [6.07, 6.45) is 1.89. The van der Waals surface area contributed by atoms with Crippen molar-refractivity contribution < 1.29 is 23.8 Å². The van der Waals surface area contributed by atoms with Crippen LogP contribution in [0.4, 0.5) is 5.69 Å². The van der Waals surface area contributed by atoms with E-state index in [1.807, 2.05) is 45.0 Å². The maximum absolute atomic E-state index is 12.8. The van der Waals surface area contributed by atoms with Gasteiger partial charge in [-0.3, -0.25) is 9.59 Å². The molecule has 0 aliphatic heterocycles. The van der Waals surface area contributed by atoms with Crippen LogP contribution in [-0.4, -0.2) is 37.3 Å². The summed E-state index contributed by atoms with van der Waals surface area (Å²) in [6, 6.07) is 10.6. The zero-order valence-corrected chi connectivity index (χ0v) is 19.6. The van der Waals surface area contributed by atoms with E-state index in [2.05, 4.69) is 15.8 Å². The molecule has 0 atom stereocenters. The maximum Gasteiger partial charge on any atom is 0.271 e. The molecule has 1 aliphatic carbocycles. The maximum atomic E-state index is 12.8. The van der Waals surface area contributed by atoms with Crippen molar-refractivity contribution in [1.29, 1.82) is 0 Å². The van der Waals surface area contributed by atoms with Gasteiger partial charge in [-0.2, -0.15) is 5.10 Å². The van der Waals surface area contributed by atoms with Crippen LogP contribution in [-0.2, 0) is 4.79 Å². The van der Waals surface area contributed by atoms with Gasteiger partial charge in [0, 0.05) is 17.2 Å². The number of ether oxygens (including phenoxy) is 3. The van der Waals surface area contributed by atoms with E-state index in [0.717, 1.165) is 18.4 Å². The first-order valence-corrected chi connectivity index (χ1v) is 11.3. The number of carbonyl (C=O) groups is 2. The zero-order valence-electron chi connectivity index (χ0n) is 19.6. The van der Waals surface area contributed by atoms with Crippen molar-refractivity contribution in [3.05, 3.63) is 47.5 Å². The molecular formula is C25H31N3O5. The van der Waals surface area contributed by atoms with Crippen molar-refractivity contribution in [3.63, 3.8) is 0 Å².